The highest BCUT2D eigenvalue weighted by molar-refractivity contribution is 7.99. The predicted octanol–water partition coefficient (Wildman–Crippen LogP) is 3.22. The van der Waals surface area contributed by atoms with Crippen molar-refractivity contribution in [3.05, 3.63) is 48.5 Å². The molecule has 0 aliphatic rings. The number of aromatic amines is 1. The molecule has 0 atom stereocenters. The van der Waals surface area contributed by atoms with Crippen LogP contribution in [0.5, 0.6) is 11.5 Å². The van der Waals surface area contributed by atoms with Gasteiger partial charge in [0, 0.05) is 5.69 Å². The molecule has 1 aromatic heterocycles. The summed E-state index contributed by atoms with van der Waals surface area (Å²) in [4.78, 5) is 16.5. The molecular formula is C18H18N4O3S. The topological polar surface area (TPSA) is 89.1 Å². The lowest BCUT2D eigenvalue weighted by Gasteiger charge is -2.05. The quantitative estimate of drug-likeness (QED) is 0.621. The van der Waals surface area contributed by atoms with E-state index in [2.05, 4.69) is 20.5 Å². The molecule has 134 valence electrons. The van der Waals surface area contributed by atoms with E-state index in [9.17, 15) is 4.79 Å². The van der Waals surface area contributed by atoms with E-state index in [0.29, 0.717) is 22.4 Å². The second kappa shape index (κ2) is 8.39. The van der Waals surface area contributed by atoms with Crippen LogP contribution >= 0.6 is 11.8 Å². The Labute approximate surface area is 155 Å². The van der Waals surface area contributed by atoms with Gasteiger partial charge in [-0.25, -0.2) is 4.98 Å². The van der Waals surface area contributed by atoms with Gasteiger partial charge in [0.25, 0.3) is 0 Å². The van der Waals surface area contributed by atoms with Gasteiger partial charge in [0.15, 0.2) is 5.82 Å². The van der Waals surface area contributed by atoms with Gasteiger partial charge in [0.1, 0.15) is 11.5 Å². The molecule has 3 rings (SSSR count). The van der Waals surface area contributed by atoms with Gasteiger partial charge < -0.3 is 14.8 Å². The van der Waals surface area contributed by atoms with E-state index in [0.717, 1.165) is 11.3 Å². The normalized spacial score (nSPS) is 10.4. The van der Waals surface area contributed by atoms with Crippen LogP contribution in [0.2, 0.25) is 0 Å². The summed E-state index contributed by atoms with van der Waals surface area (Å²) in [5.41, 5.74) is 1.53. The Balaban J connectivity index is 1.58. The molecule has 0 fully saturated rings. The number of hydrogen-bond acceptors (Lipinski definition) is 6. The van der Waals surface area contributed by atoms with Gasteiger partial charge in [0.2, 0.25) is 11.1 Å². The lowest BCUT2D eigenvalue weighted by atomic mass is 10.2. The van der Waals surface area contributed by atoms with E-state index >= 15 is 0 Å². The highest BCUT2D eigenvalue weighted by Gasteiger charge is 2.12. The van der Waals surface area contributed by atoms with Crippen LogP contribution in [0.4, 0.5) is 5.69 Å². The fourth-order valence-corrected chi connectivity index (χ4v) is 2.87. The Bertz CT molecular complexity index is 880. The number of nitrogens with one attached hydrogen (secondary N) is 2. The van der Waals surface area contributed by atoms with Gasteiger partial charge >= 0.3 is 0 Å². The Morgan fingerprint density at radius 2 is 1.88 bits per heavy atom. The molecule has 1 heterocycles. The third-order valence-electron chi connectivity index (χ3n) is 3.53. The number of para-hydroxylation sites is 1. The monoisotopic (exact) mass is 370 g/mol. The molecule has 26 heavy (non-hydrogen) atoms. The summed E-state index contributed by atoms with van der Waals surface area (Å²) in [6.45, 7) is 0. The highest BCUT2D eigenvalue weighted by Crippen LogP contribution is 2.28. The molecule has 2 aromatic carbocycles. The van der Waals surface area contributed by atoms with Crippen LogP contribution in [0.1, 0.15) is 0 Å². The number of rotatable bonds is 7. The molecule has 0 aliphatic heterocycles. The van der Waals surface area contributed by atoms with E-state index in [-0.39, 0.29) is 11.7 Å². The lowest BCUT2D eigenvalue weighted by molar-refractivity contribution is -0.113. The Kier molecular flexibility index (Phi) is 5.75. The summed E-state index contributed by atoms with van der Waals surface area (Å²) in [6.07, 6.45) is 0. The summed E-state index contributed by atoms with van der Waals surface area (Å²) >= 11 is 1.25. The lowest BCUT2D eigenvalue weighted by Crippen LogP contribution is -2.14. The molecular weight excluding hydrogens is 352 g/mol. The summed E-state index contributed by atoms with van der Waals surface area (Å²) in [7, 11) is 3.20. The average Bonchev–Trinajstić information content (AvgIpc) is 3.16. The second-order valence-corrected chi connectivity index (χ2v) is 6.17. The van der Waals surface area contributed by atoms with Crippen LogP contribution in [-0.2, 0) is 4.79 Å². The molecule has 0 aliphatic carbocycles. The van der Waals surface area contributed by atoms with E-state index in [4.69, 9.17) is 9.47 Å². The smallest absolute Gasteiger partial charge is 0.234 e. The van der Waals surface area contributed by atoms with Crippen molar-refractivity contribution in [1.82, 2.24) is 15.2 Å². The number of carbonyl (C=O) groups excluding carboxylic acids is 1. The number of hydrogen-bond donors (Lipinski definition) is 2. The maximum absolute atomic E-state index is 12.1. The molecule has 7 nitrogen and oxygen atoms in total. The van der Waals surface area contributed by atoms with Crippen LogP contribution in [0.25, 0.3) is 11.4 Å². The molecule has 0 saturated heterocycles. The molecule has 0 saturated carbocycles. The first-order chi connectivity index (χ1) is 12.7. The number of methoxy groups -OCH3 is 2. The van der Waals surface area contributed by atoms with Crippen LogP contribution < -0.4 is 14.8 Å². The number of H-pyrrole nitrogens is 1. The van der Waals surface area contributed by atoms with Gasteiger partial charge in [-0.05, 0) is 36.4 Å². The summed E-state index contributed by atoms with van der Waals surface area (Å²) < 4.78 is 10.4. The van der Waals surface area contributed by atoms with E-state index < -0.39 is 0 Å². The van der Waals surface area contributed by atoms with Crippen LogP contribution in [-0.4, -0.2) is 41.1 Å². The molecule has 2 N–H and O–H groups in total. The molecule has 1 amide bonds. The molecule has 8 heteroatoms. The van der Waals surface area contributed by atoms with Gasteiger partial charge in [-0.1, -0.05) is 23.9 Å². The molecule has 0 bridgehead atoms. The van der Waals surface area contributed by atoms with Crippen LogP contribution in [0.15, 0.2) is 53.7 Å². The maximum atomic E-state index is 12.1. The highest BCUT2D eigenvalue weighted by atomic mass is 32.2. The van der Waals surface area contributed by atoms with E-state index in [1.165, 1.54) is 11.8 Å². The van der Waals surface area contributed by atoms with Crippen molar-refractivity contribution in [2.75, 3.05) is 25.3 Å². The largest absolute Gasteiger partial charge is 0.497 e. The van der Waals surface area contributed by atoms with Gasteiger partial charge in [-0.15, -0.1) is 5.10 Å². The molecule has 0 spiro atoms. The zero-order valence-electron chi connectivity index (χ0n) is 14.4. The Morgan fingerprint density at radius 3 is 2.62 bits per heavy atom. The van der Waals surface area contributed by atoms with Crippen molar-refractivity contribution in [3.8, 4) is 22.9 Å². The average molecular weight is 370 g/mol. The number of benzene rings is 2. The minimum absolute atomic E-state index is 0.135. The zero-order chi connectivity index (χ0) is 18.4. The maximum Gasteiger partial charge on any atom is 0.234 e. The van der Waals surface area contributed by atoms with Crippen molar-refractivity contribution in [2.24, 2.45) is 0 Å². The Hall–Kier alpha value is -3.00. The summed E-state index contributed by atoms with van der Waals surface area (Å²) in [5.74, 6) is 2.11. The summed E-state index contributed by atoms with van der Waals surface area (Å²) in [6, 6.07) is 14.7. The van der Waals surface area contributed by atoms with E-state index in [1.807, 2.05) is 24.3 Å². The predicted molar refractivity (Wildman–Crippen MR) is 101 cm³/mol. The van der Waals surface area contributed by atoms with Gasteiger partial charge in [0.05, 0.1) is 25.5 Å². The standard InChI is InChI=1S/C18H18N4O3S/c1-24-13-9-7-12(8-10-13)19-16(23)11-26-18-20-17(21-22-18)14-5-3-4-6-15(14)25-2/h3-10H,11H2,1-2H3,(H,19,23)(H,20,21,22). The number of carbonyl (C=O) groups is 1. The van der Waals surface area contributed by atoms with Crippen molar-refractivity contribution in [1.29, 1.82) is 0 Å². The van der Waals surface area contributed by atoms with Crippen LogP contribution in [0, 0.1) is 0 Å². The minimum atomic E-state index is -0.135. The number of anilines is 1. The number of ether oxygens (including phenoxy) is 2. The summed E-state index contributed by atoms with van der Waals surface area (Å²) in [5, 5.41) is 10.3. The fraction of sp³-hybridized carbons (Fsp3) is 0.167. The molecule has 3 aromatic rings. The fourth-order valence-electron chi connectivity index (χ4n) is 2.27. The van der Waals surface area contributed by atoms with Gasteiger partial charge in [-0.2, -0.15) is 0 Å². The van der Waals surface area contributed by atoms with Crippen molar-refractivity contribution < 1.29 is 14.3 Å². The first-order valence-electron chi connectivity index (χ1n) is 7.82. The van der Waals surface area contributed by atoms with E-state index in [1.54, 1.807) is 38.5 Å². The zero-order valence-corrected chi connectivity index (χ0v) is 15.2. The van der Waals surface area contributed by atoms with Crippen LogP contribution in [0.3, 0.4) is 0 Å². The number of nitrogens with zero attached hydrogens (tertiary/aromatic N) is 2. The third kappa shape index (κ3) is 4.34. The van der Waals surface area contributed by atoms with Crippen molar-refractivity contribution >= 4 is 23.4 Å². The second-order valence-electron chi connectivity index (χ2n) is 5.23. The van der Waals surface area contributed by atoms with Crippen molar-refractivity contribution in [3.63, 3.8) is 0 Å². The SMILES string of the molecule is COc1ccc(NC(=O)CSc2n[nH]c(-c3ccccc3OC)n2)cc1. The first-order valence-corrected chi connectivity index (χ1v) is 8.80. The number of aromatic nitrogens is 3. The Morgan fingerprint density at radius 1 is 1.12 bits per heavy atom. The van der Waals surface area contributed by atoms with Crippen molar-refractivity contribution in [2.45, 2.75) is 5.16 Å². The third-order valence-corrected chi connectivity index (χ3v) is 4.38. The number of thioether (sulfide) groups is 1. The molecule has 0 unspecified atom stereocenters. The molecule has 0 radical (unpaired) electrons. The van der Waals surface area contributed by atoms with Gasteiger partial charge in [-0.3, -0.25) is 9.89 Å². The minimum Gasteiger partial charge on any atom is -0.497 e. The first kappa shape index (κ1) is 17.8. The number of amides is 1.